The van der Waals surface area contributed by atoms with Gasteiger partial charge >= 0.3 is 33.7 Å². The van der Waals surface area contributed by atoms with E-state index in [0.29, 0.717) is 0 Å². The Morgan fingerprint density at radius 1 is 1.29 bits per heavy atom. The molecule has 0 aliphatic rings. The van der Waals surface area contributed by atoms with Crippen molar-refractivity contribution >= 4 is 43.3 Å². The van der Waals surface area contributed by atoms with Crippen LogP contribution in [-0.4, -0.2) is 41.1 Å². The molecule has 0 aromatic rings. The second kappa shape index (κ2) is 16.3. The molecule has 0 atom stereocenters. The predicted octanol–water partition coefficient (Wildman–Crippen LogP) is 0.145. The van der Waals surface area contributed by atoms with Gasteiger partial charge in [-0.05, 0) is 0 Å². The van der Waals surface area contributed by atoms with Crippen LogP contribution in [0.15, 0.2) is 0 Å². The van der Waals surface area contributed by atoms with Crippen LogP contribution in [0.1, 0.15) is 0 Å². The first kappa shape index (κ1) is 15.7. The van der Waals surface area contributed by atoms with Crippen molar-refractivity contribution in [1.29, 1.82) is 0 Å². The summed E-state index contributed by atoms with van der Waals surface area (Å²) in [7, 11) is 0. The standard InChI is InChI=1S/CH2O3.Bi.ClH.O/c2-1(3)4;;;/h(H2,2,3,4);;1H;. The molecule has 0 amide bonds. The Labute approximate surface area is 61.2 Å². The molecule has 0 unspecified atom stereocenters. The molecule has 7 heavy (non-hydrogen) atoms. The quantitative estimate of drug-likeness (QED) is 0.622. The second-order valence-corrected chi connectivity index (χ2v) is 0.283. The van der Waals surface area contributed by atoms with Crippen molar-refractivity contribution in [2.75, 3.05) is 0 Å². The van der Waals surface area contributed by atoms with E-state index in [-0.39, 0.29) is 37.1 Å². The molecule has 0 heterocycles. The molecule has 0 aliphatic carbocycles. The molecule has 0 saturated heterocycles. The Balaban J connectivity index is -0.0000000480. The molecular formula is CH3BiClO4. The van der Waals surface area contributed by atoms with Gasteiger partial charge in [0.15, 0.2) is 0 Å². The normalized spacial score (nSPS) is 4.00. The zero-order valence-corrected chi connectivity index (χ0v) is 7.36. The summed E-state index contributed by atoms with van der Waals surface area (Å²) >= 11 is 0.194. The first-order valence-electron chi connectivity index (χ1n) is 0.834. The Morgan fingerprint density at radius 2 is 1.29 bits per heavy atom. The van der Waals surface area contributed by atoms with Crippen molar-refractivity contribution in [1.82, 2.24) is 0 Å². The molecule has 0 aromatic heterocycles. The minimum absolute atomic E-state index is 0. The van der Waals surface area contributed by atoms with Crippen LogP contribution in [-0.2, 0) is 2.81 Å². The van der Waals surface area contributed by atoms with Gasteiger partial charge in [0.25, 0.3) is 0 Å². The third-order valence-electron chi connectivity index (χ3n) is 0. The van der Waals surface area contributed by atoms with Gasteiger partial charge in [-0.2, -0.15) is 0 Å². The van der Waals surface area contributed by atoms with Gasteiger partial charge in [-0.1, -0.05) is 0 Å². The Hall–Kier alpha value is 0.243. The molecule has 4 nitrogen and oxygen atoms in total. The summed E-state index contributed by atoms with van der Waals surface area (Å²) in [5, 5.41) is 13.9. The van der Waals surface area contributed by atoms with Crippen molar-refractivity contribution in [3.8, 4) is 0 Å². The van der Waals surface area contributed by atoms with Gasteiger partial charge in [-0.3, -0.25) is 0 Å². The average molecular weight is 323 g/mol. The van der Waals surface area contributed by atoms with Crippen molar-refractivity contribution in [3.05, 3.63) is 0 Å². The number of hydrogen-bond donors (Lipinski definition) is 2. The number of rotatable bonds is 0. The summed E-state index contributed by atoms with van der Waals surface area (Å²) in [6.07, 6.45) is -1.83. The van der Waals surface area contributed by atoms with Crippen LogP contribution in [0.4, 0.5) is 4.79 Å². The number of carboxylic acid groups (broad SMARTS) is 2. The van der Waals surface area contributed by atoms with E-state index >= 15 is 0 Å². The van der Waals surface area contributed by atoms with Crippen LogP contribution in [0, 0.1) is 0 Å². The van der Waals surface area contributed by atoms with Crippen LogP contribution in [0.5, 0.6) is 0 Å². The minimum atomic E-state index is -1.83. The molecule has 2 N–H and O–H groups in total. The maximum atomic E-state index is 8.56. The molecule has 0 rings (SSSR count). The SMILES string of the molecule is Cl.O=C(O)O.[O]=[Bi]. The Kier molecular flexibility index (Phi) is 36.6. The third kappa shape index (κ3) is 1900. The summed E-state index contributed by atoms with van der Waals surface area (Å²) in [5.74, 6) is 0. The van der Waals surface area contributed by atoms with E-state index in [9.17, 15) is 0 Å². The second-order valence-electron chi connectivity index (χ2n) is 0.283. The van der Waals surface area contributed by atoms with Gasteiger partial charge in [0.2, 0.25) is 0 Å². The molecule has 0 aliphatic heterocycles. The first-order chi connectivity index (χ1) is 2.73. The van der Waals surface area contributed by atoms with E-state index in [1.807, 2.05) is 0 Å². The molecule has 0 spiro atoms. The summed E-state index contributed by atoms with van der Waals surface area (Å²) in [5.41, 5.74) is 0. The molecule has 0 saturated carbocycles. The van der Waals surface area contributed by atoms with Gasteiger partial charge < -0.3 is 10.2 Å². The van der Waals surface area contributed by atoms with Crippen LogP contribution in [0.3, 0.4) is 0 Å². The van der Waals surface area contributed by atoms with Gasteiger partial charge in [-0.25, -0.2) is 4.79 Å². The molecule has 0 fully saturated rings. The van der Waals surface area contributed by atoms with Gasteiger partial charge in [-0.15, -0.1) is 12.4 Å². The van der Waals surface area contributed by atoms with Crippen LogP contribution in [0.2, 0.25) is 0 Å². The van der Waals surface area contributed by atoms with E-state index in [4.69, 9.17) is 17.8 Å². The van der Waals surface area contributed by atoms with Crippen LogP contribution in [0.25, 0.3) is 0 Å². The fraction of sp³-hybridized carbons (Fsp3) is 0. The predicted molar refractivity (Wildman–Crippen MR) is 24.3 cm³/mol. The molecule has 1 radical (unpaired) electrons. The monoisotopic (exact) mass is 323 g/mol. The van der Waals surface area contributed by atoms with Crippen LogP contribution >= 0.6 is 12.4 Å². The van der Waals surface area contributed by atoms with Gasteiger partial charge in [0.1, 0.15) is 0 Å². The molecule has 43 valence electrons. The summed E-state index contributed by atoms with van der Waals surface area (Å²) in [6.45, 7) is 0. The van der Waals surface area contributed by atoms with Crippen molar-refractivity contribution in [2.45, 2.75) is 0 Å². The third-order valence-corrected chi connectivity index (χ3v) is 0. The van der Waals surface area contributed by atoms with Crippen LogP contribution < -0.4 is 0 Å². The van der Waals surface area contributed by atoms with E-state index < -0.39 is 6.16 Å². The average Bonchev–Trinajstić information content (AvgIpc) is 1.41. The first-order valence-corrected chi connectivity index (χ1v) is 2.25. The summed E-state index contributed by atoms with van der Waals surface area (Å²) < 4.78 is 8.36. The number of halogens is 1. The van der Waals surface area contributed by atoms with Gasteiger partial charge in [0, 0.05) is 0 Å². The Bertz CT molecular complexity index is 43.0. The van der Waals surface area contributed by atoms with E-state index in [2.05, 4.69) is 0 Å². The van der Waals surface area contributed by atoms with E-state index in [0.717, 1.165) is 0 Å². The molecule has 0 bridgehead atoms. The topological polar surface area (TPSA) is 74.6 Å². The summed E-state index contributed by atoms with van der Waals surface area (Å²) in [4.78, 5) is 8.56. The van der Waals surface area contributed by atoms with Gasteiger partial charge in [0.05, 0.1) is 0 Å². The fourth-order valence-electron chi connectivity index (χ4n) is 0. The van der Waals surface area contributed by atoms with Crippen molar-refractivity contribution in [3.63, 3.8) is 0 Å². The van der Waals surface area contributed by atoms with E-state index in [1.165, 1.54) is 0 Å². The van der Waals surface area contributed by atoms with Crippen molar-refractivity contribution in [2.24, 2.45) is 0 Å². The molecule has 6 heteroatoms. The van der Waals surface area contributed by atoms with Crippen molar-refractivity contribution < 1.29 is 17.8 Å². The summed E-state index contributed by atoms with van der Waals surface area (Å²) in [6, 6.07) is 0. The maximum absolute atomic E-state index is 8.56. The zero-order chi connectivity index (χ0) is 5.58. The number of hydrogen-bond acceptors (Lipinski definition) is 2. The fourth-order valence-corrected chi connectivity index (χ4v) is 0. The Morgan fingerprint density at radius 3 is 1.29 bits per heavy atom. The number of carbonyl (C=O) groups is 1. The molecular weight excluding hydrogens is 320 g/mol. The molecule has 0 aromatic carbocycles. The van der Waals surface area contributed by atoms with E-state index in [1.54, 1.807) is 0 Å². The zero-order valence-electron chi connectivity index (χ0n) is 3.07.